The first-order chi connectivity index (χ1) is 14.0. The third-order valence-corrected chi connectivity index (χ3v) is 4.86. The Morgan fingerprint density at radius 1 is 1.17 bits per heavy atom. The number of carbonyl (C=O) groups excluding carboxylic acids is 1. The Kier molecular flexibility index (Phi) is 6.84. The first kappa shape index (κ1) is 21.2. The van der Waals surface area contributed by atoms with Crippen LogP contribution in [0.4, 0.5) is 0 Å². The van der Waals surface area contributed by atoms with Crippen molar-refractivity contribution in [1.82, 2.24) is 20.1 Å². The molecule has 2 aromatic heterocycles. The topological polar surface area (TPSA) is 78.3 Å². The second-order valence-corrected chi connectivity index (χ2v) is 6.95. The van der Waals surface area contributed by atoms with E-state index in [0.29, 0.717) is 35.0 Å². The monoisotopic (exact) mass is 416 g/mol. The summed E-state index contributed by atoms with van der Waals surface area (Å²) >= 11 is 6.59. The van der Waals surface area contributed by atoms with Gasteiger partial charge in [0.05, 0.1) is 33.9 Å². The van der Waals surface area contributed by atoms with E-state index in [1.807, 2.05) is 52.0 Å². The summed E-state index contributed by atoms with van der Waals surface area (Å²) in [4.78, 5) is 17.1. The van der Waals surface area contributed by atoms with Crippen molar-refractivity contribution in [2.24, 2.45) is 0 Å². The van der Waals surface area contributed by atoms with Crippen LogP contribution in [0.25, 0.3) is 16.7 Å². The minimum absolute atomic E-state index is 0.219. The molecule has 1 amide bonds. The Balaban J connectivity index is 1.89. The summed E-state index contributed by atoms with van der Waals surface area (Å²) in [6.45, 7) is 8.82. The molecule has 3 rings (SSSR count). The Morgan fingerprint density at radius 3 is 2.45 bits per heavy atom. The van der Waals surface area contributed by atoms with Gasteiger partial charge in [0.25, 0.3) is 5.91 Å². The summed E-state index contributed by atoms with van der Waals surface area (Å²) in [6, 6.07) is 7.96. The average molecular weight is 417 g/mol. The Hall–Kier alpha value is -2.48. The highest BCUT2D eigenvalue weighted by Gasteiger charge is 2.20. The quantitative estimate of drug-likeness (QED) is 0.565. The lowest BCUT2D eigenvalue weighted by Gasteiger charge is -2.17. The number of carbonyl (C=O) groups is 1. The molecule has 0 radical (unpaired) electrons. The Morgan fingerprint density at radius 2 is 1.83 bits per heavy atom. The van der Waals surface area contributed by atoms with Gasteiger partial charge in [0.15, 0.2) is 11.9 Å². The Bertz CT molecular complexity index is 995. The number of fused-ring (bicyclic) bond motifs is 1. The number of amides is 1. The van der Waals surface area contributed by atoms with E-state index >= 15 is 0 Å². The summed E-state index contributed by atoms with van der Waals surface area (Å²) in [7, 11) is 0. The van der Waals surface area contributed by atoms with Crippen molar-refractivity contribution in [1.29, 1.82) is 0 Å². The number of halogens is 1. The van der Waals surface area contributed by atoms with Crippen molar-refractivity contribution in [3.8, 4) is 5.69 Å². The number of ether oxygens (including phenoxy) is 2. The van der Waals surface area contributed by atoms with Crippen LogP contribution in [0.1, 0.15) is 35.5 Å². The van der Waals surface area contributed by atoms with E-state index in [1.165, 1.54) is 6.20 Å². The molecule has 29 heavy (non-hydrogen) atoms. The minimum atomic E-state index is -0.504. The van der Waals surface area contributed by atoms with Crippen molar-refractivity contribution < 1.29 is 14.3 Å². The molecule has 0 saturated heterocycles. The van der Waals surface area contributed by atoms with Crippen molar-refractivity contribution in [3.05, 3.63) is 52.3 Å². The van der Waals surface area contributed by atoms with Crippen molar-refractivity contribution in [2.75, 3.05) is 19.8 Å². The highest BCUT2D eigenvalue weighted by Crippen LogP contribution is 2.30. The van der Waals surface area contributed by atoms with Crippen LogP contribution >= 0.6 is 11.6 Å². The molecular weight excluding hydrogens is 392 g/mol. The summed E-state index contributed by atoms with van der Waals surface area (Å²) in [5.74, 6) is -0.337. The largest absolute Gasteiger partial charge is 0.351 e. The molecule has 2 heterocycles. The predicted octanol–water partition coefficient (Wildman–Crippen LogP) is 3.82. The fourth-order valence-electron chi connectivity index (χ4n) is 3.04. The van der Waals surface area contributed by atoms with Crippen LogP contribution in [0.15, 0.2) is 30.5 Å². The van der Waals surface area contributed by atoms with Crippen LogP contribution in [-0.4, -0.2) is 46.7 Å². The van der Waals surface area contributed by atoms with Gasteiger partial charge in [0.2, 0.25) is 0 Å². The van der Waals surface area contributed by atoms with Crippen LogP contribution in [0.3, 0.4) is 0 Å². The molecule has 0 spiro atoms. The molecule has 1 N–H and O–H groups in total. The molecule has 0 atom stereocenters. The normalized spacial score (nSPS) is 11.4. The highest BCUT2D eigenvalue weighted by molar-refractivity contribution is 6.38. The molecule has 0 aliphatic heterocycles. The first-order valence-electron chi connectivity index (χ1n) is 9.58. The molecular formula is C21H25ClN4O3. The molecule has 8 heteroatoms. The Labute approximate surface area is 175 Å². The number of nitrogens with one attached hydrogen (secondary N) is 1. The van der Waals surface area contributed by atoms with E-state index in [0.717, 1.165) is 11.3 Å². The zero-order chi connectivity index (χ0) is 21.0. The number of aromatic nitrogens is 3. The van der Waals surface area contributed by atoms with Crippen LogP contribution in [0.5, 0.6) is 0 Å². The highest BCUT2D eigenvalue weighted by atomic mass is 35.5. The molecule has 3 aromatic rings. The van der Waals surface area contributed by atoms with E-state index in [1.54, 1.807) is 4.68 Å². The maximum Gasteiger partial charge on any atom is 0.254 e. The van der Waals surface area contributed by atoms with E-state index in [-0.39, 0.29) is 18.0 Å². The summed E-state index contributed by atoms with van der Waals surface area (Å²) < 4.78 is 12.6. The van der Waals surface area contributed by atoms with Gasteiger partial charge in [-0.15, -0.1) is 0 Å². The lowest BCUT2D eigenvalue weighted by Crippen LogP contribution is -2.35. The average Bonchev–Trinajstić information content (AvgIpc) is 3.04. The zero-order valence-corrected chi connectivity index (χ0v) is 17.8. The van der Waals surface area contributed by atoms with Crippen molar-refractivity contribution in [3.63, 3.8) is 0 Å². The van der Waals surface area contributed by atoms with Crippen LogP contribution in [0.2, 0.25) is 5.02 Å². The fourth-order valence-corrected chi connectivity index (χ4v) is 3.40. The molecule has 0 unspecified atom stereocenters. The van der Waals surface area contributed by atoms with Gasteiger partial charge in [-0.05, 0) is 39.8 Å². The maximum atomic E-state index is 12.7. The van der Waals surface area contributed by atoms with Gasteiger partial charge in [-0.2, -0.15) is 5.10 Å². The number of hydrogen-bond donors (Lipinski definition) is 1. The van der Waals surface area contributed by atoms with Crippen molar-refractivity contribution in [2.45, 2.75) is 34.0 Å². The number of hydrogen-bond acceptors (Lipinski definition) is 5. The van der Waals surface area contributed by atoms with Gasteiger partial charge in [0.1, 0.15) is 0 Å². The lowest BCUT2D eigenvalue weighted by atomic mass is 10.2. The molecule has 154 valence electrons. The molecule has 0 aliphatic carbocycles. The third kappa shape index (κ3) is 4.58. The number of nitrogens with zero attached hydrogens (tertiary/aromatic N) is 3. The first-order valence-corrected chi connectivity index (χ1v) is 9.96. The lowest BCUT2D eigenvalue weighted by molar-refractivity contribution is -0.131. The smallest absolute Gasteiger partial charge is 0.254 e. The SMILES string of the molecule is CCOC(CNC(=O)c1cnc2c(c(C)nn2-c2ccc(C)cc2)c1Cl)OCC. The molecule has 0 bridgehead atoms. The molecule has 0 saturated carbocycles. The number of pyridine rings is 1. The van der Waals surface area contributed by atoms with Gasteiger partial charge in [0, 0.05) is 19.4 Å². The van der Waals surface area contributed by atoms with Gasteiger partial charge >= 0.3 is 0 Å². The second-order valence-electron chi connectivity index (χ2n) is 6.57. The summed E-state index contributed by atoms with van der Waals surface area (Å²) in [6.07, 6.45) is 0.970. The summed E-state index contributed by atoms with van der Waals surface area (Å²) in [5, 5.41) is 8.35. The number of benzene rings is 1. The molecule has 7 nitrogen and oxygen atoms in total. The van der Waals surface area contributed by atoms with E-state index in [9.17, 15) is 4.79 Å². The number of rotatable bonds is 8. The predicted molar refractivity (Wildman–Crippen MR) is 113 cm³/mol. The van der Waals surface area contributed by atoms with Gasteiger partial charge in [-0.3, -0.25) is 4.79 Å². The minimum Gasteiger partial charge on any atom is -0.351 e. The van der Waals surface area contributed by atoms with Crippen LogP contribution < -0.4 is 5.32 Å². The maximum absolute atomic E-state index is 12.7. The van der Waals surface area contributed by atoms with Gasteiger partial charge in [-0.1, -0.05) is 29.3 Å². The molecule has 0 fully saturated rings. The second kappa shape index (κ2) is 9.35. The van der Waals surface area contributed by atoms with Gasteiger partial charge in [-0.25, -0.2) is 9.67 Å². The van der Waals surface area contributed by atoms with Crippen LogP contribution in [0, 0.1) is 13.8 Å². The molecule has 0 aliphatic rings. The van der Waals surface area contributed by atoms with E-state index in [2.05, 4.69) is 15.4 Å². The molecule has 1 aromatic carbocycles. The standard InChI is InChI=1S/C21H25ClN4O3/c1-5-28-17(29-6-2)12-24-21(27)16-11-23-20-18(19(16)22)14(4)25-26(20)15-9-7-13(3)8-10-15/h7-11,17H,5-6,12H2,1-4H3,(H,24,27). The van der Waals surface area contributed by atoms with Crippen LogP contribution in [-0.2, 0) is 9.47 Å². The van der Waals surface area contributed by atoms with Gasteiger partial charge < -0.3 is 14.8 Å². The zero-order valence-electron chi connectivity index (χ0n) is 17.0. The number of aryl methyl sites for hydroxylation is 2. The van der Waals surface area contributed by atoms with E-state index in [4.69, 9.17) is 21.1 Å². The third-order valence-electron chi connectivity index (χ3n) is 4.47. The van der Waals surface area contributed by atoms with Crippen molar-refractivity contribution >= 4 is 28.5 Å². The summed E-state index contributed by atoms with van der Waals surface area (Å²) in [5.41, 5.74) is 3.64. The fraction of sp³-hybridized carbons (Fsp3) is 0.381. The van der Waals surface area contributed by atoms with E-state index < -0.39 is 6.29 Å².